The van der Waals surface area contributed by atoms with Crippen LogP contribution in [0, 0.1) is 11.7 Å². The van der Waals surface area contributed by atoms with E-state index in [0.29, 0.717) is 39.0 Å². The van der Waals surface area contributed by atoms with Crippen molar-refractivity contribution in [3.05, 3.63) is 77.6 Å². The van der Waals surface area contributed by atoms with Gasteiger partial charge in [-0.05, 0) is 67.9 Å². The van der Waals surface area contributed by atoms with E-state index in [1.54, 1.807) is 24.3 Å². The second-order valence-electron chi connectivity index (χ2n) is 12.9. The van der Waals surface area contributed by atoms with Crippen molar-refractivity contribution in [1.29, 1.82) is 0 Å². The van der Waals surface area contributed by atoms with Crippen molar-refractivity contribution in [3.63, 3.8) is 0 Å². The van der Waals surface area contributed by atoms with Crippen LogP contribution in [0.3, 0.4) is 0 Å². The molecule has 0 saturated carbocycles. The summed E-state index contributed by atoms with van der Waals surface area (Å²) in [5.41, 5.74) is 2.61. The normalized spacial score (nSPS) is 22.4. The first-order valence-corrected chi connectivity index (χ1v) is 18.5. The highest BCUT2D eigenvalue weighted by Gasteiger charge is 2.72. The van der Waals surface area contributed by atoms with E-state index in [0.717, 1.165) is 4.90 Å². The number of ketones is 1. The maximum atomic E-state index is 13.9. The molecule has 0 aliphatic carbocycles. The number of hydrogen-bond donors (Lipinski definition) is 1. The molecule has 1 amide bonds. The molecule has 2 saturated heterocycles. The van der Waals surface area contributed by atoms with Crippen molar-refractivity contribution in [2.45, 2.75) is 53.7 Å². The molecule has 0 bridgehead atoms. The van der Waals surface area contributed by atoms with Crippen LogP contribution in [0.2, 0.25) is 0 Å². The number of amides is 1. The van der Waals surface area contributed by atoms with Gasteiger partial charge in [0.15, 0.2) is 25.5 Å². The van der Waals surface area contributed by atoms with Gasteiger partial charge in [-0.3, -0.25) is 9.59 Å². The minimum atomic E-state index is -4.10. The summed E-state index contributed by atoms with van der Waals surface area (Å²) in [6.07, 6.45) is -0.457. The van der Waals surface area contributed by atoms with Gasteiger partial charge < -0.3 is 24.1 Å². The number of benzene rings is 3. The molecule has 1 aromatic heterocycles. The molecule has 1 N–H and O–H groups in total. The number of Topliss-reactive ketones (excluding diaryl/α,β-unsaturated/α-hetero) is 1. The first-order valence-electron chi connectivity index (χ1n) is 15.3. The number of aromatic amines is 1. The highest BCUT2D eigenvalue weighted by molar-refractivity contribution is 7.94. The smallest absolute Gasteiger partial charge is 0.330 e. The van der Waals surface area contributed by atoms with E-state index in [-0.39, 0.29) is 23.0 Å². The van der Waals surface area contributed by atoms with Gasteiger partial charge in [0.25, 0.3) is 0 Å². The highest BCUT2D eigenvalue weighted by atomic mass is 32.2. The summed E-state index contributed by atoms with van der Waals surface area (Å²) in [6, 6.07) is 13.8. The van der Waals surface area contributed by atoms with Crippen LogP contribution in [0.15, 0.2) is 65.6 Å². The van der Waals surface area contributed by atoms with Gasteiger partial charge in [0, 0.05) is 28.5 Å². The number of β-lactam (4-membered cyclic amide) rings is 1. The lowest BCUT2D eigenvalue weighted by Crippen LogP contribution is -2.64. The van der Waals surface area contributed by atoms with E-state index < -0.39 is 78.3 Å². The number of halogens is 1. The standard InChI is InChI=1S/C34H31FN2O10S2/c1-34(2)30(33(40)47-15-18-4-7-21(45-3)8-5-18)37-31(39)25(32(37)49(34,43)44)13-20(38)16-46-22-9-10-23-28(14-22)48(41,42)17-26-24-12-19(35)6-11-27(24)36-29(23)26/h4-12,14,25,30,32,36H,13,15-17H2,1-3H3. The van der Waals surface area contributed by atoms with Gasteiger partial charge in [0.1, 0.15) is 41.9 Å². The van der Waals surface area contributed by atoms with Crippen LogP contribution < -0.4 is 9.47 Å². The average molecular weight is 711 g/mol. The summed E-state index contributed by atoms with van der Waals surface area (Å²) in [7, 11) is -6.44. The lowest BCUT2D eigenvalue weighted by molar-refractivity contribution is -0.168. The van der Waals surface area contributed by atoms with Crippen LogP contribution in [-0.4, -0.2) is 74.3 Å². The Bertz CT molecular complexity index is 2280. The van der Waals surface area contributed by atoms with Gasteiger partial charge in [-0.2, -0.15) is 0 Å². The molecule has 3 aromatic carbocycles. The predicted molar refractivity (Wildman–Crippen MR) is 173 cm³/mol. The number of fused-ring (bicyclic) bond motifs is 6. The number of hydrogen-bond acceptors (Lipinski definition) is 10. The fourth-order valence-electron chi connectivity index (χ4n) is 6.92. The van der Waals surface area contributed by atoms with E-state index in [9.17, 15) is 35.6 Å². The van der Waals surface area contributed by atoms with Gasteiger partial charge in [-0.1, -0.05) is 12.1 Å². The average Bonchev–Trinajstić information content (AvgIpc) is 3.48. The van der Waals surface area contributed by atoms with E-state index in [4.69, 9.17) is 14.2 Å². The third kappa shape index (κ3) is 5.17. The quantitative estimate of drug-likeness (QED) is 0.200. The zero-order valence-electron chi connectivity index (χ0n) is 26.6. The van der Waals surface area contributed by atoms with Crippen LogP contribution in [0.25, 0.3) is 22.2 Å². The van der Waals surface area contributed by atoms with Crippen LogP contribution in [0.4, 0.5) is 4.39 Å². The molecule has 15 heteroatoms. The largest absolute Gasteiger partial charge is 0.497 e. The molecule has 4 heterocycles. The molecule has 3 aliphatic rings. The molecule has 256 valence electrons. The number of carbonyl (C=O) groups is 3. The van der Waals surface area contributed by atoms with Crippen molar-refractivity contribution >= 4 is 48.2 Å². The molecule has 12 nitrogen and oxygen atoms in total. The summed E-state index contributed by atoms with van der Waals surface area (Å²) >= 11 is 0. The van der Waals surface area contributed by atoms with Crippen LogP contribution in [0.5, 0.6) is 11.5 Å². The molecule has 2 fully saturated rings. The zero-order chi connectivity index (χ0) is 35.0. The maximum absolute atomic E-state index is 13.9. The minimum absolute atomic E-state index is 0.0222. The molecular formula is C34H31FN2O10S2. The first-order chi connectivity index (χ1) is 23.1. The Morgan fingerprint density at radius 3 is 2.43 bits per heavy atom. The molecule has 3 aliphatic heterocycles. The van der Waals surface area contributed by atoms with Gasteiger partial charge in [0.2, 0.25) is 5.91 Å². The number of methoxy groups -OCH3 is 1. The lowest BCUT2D eigenvalue weighted by atomic mass is 9.88. The Morgan fingerprint density at radius 1 is 1.00 bits per heavy atom. The fraction of sp³-hybridized carbons (Fsp3) is 0.324. The van der Waals surface area contributed by atoms with E-state index >= 15 is 0 Å². The van der Waals surface area contributed by atoms with Gasteiger partial charge in [-0.15, -0.1) is 0 Å². The summed E-state index contributed by atoms with van der Waals surface area (Å²) < 4.78 is 82.0. The number of nitrogens with one attached hydrogen (secondary N) is 1. The number of H-pyrrole nitrogens is 1. The van der Waals surface area contributed by atoms with Crippen molar-refractivity contribution in [3.8, 4) is 22.8 Å². The Morgan fingerprint density at radius 2 is 1.71 bits per heavy atom. The topological polar surface area (TPSA) is 166 Å². The number of rotatable bonds is 9. The number of carbonyl (C=O) groups excluding carboxylic acids is 3. The summed E-state index contributed by atoms with van der Waals surface area (Å²) in [5, 5.41) is -0.908. The number of nitrogens with zero attached hydrogens (tertiary/aromatic N) is 1. The van der Waals surface area contributed by atoms with E-state index in [2.05, 4.69) is 4.98 Å². The zero-order valence-corrected chi connectivity index (χ0v) is 28.2. The van der Waals surface area contributed by atoms with Gasteiger partial charge in [-0.25, -0.2) is 26.0 Å². The van der Waals surface area contributed by atoms with Crippen molar-refractivity contribution in [2.24, 2.45) is 5.92 Å². The summed E-state index contributed by atoms with van der Waals surface area (Å²) in [5.74, 6) is -3.49. The Kier molecular flexibility index (Phi) is 7.63. The molecule has 3 atom stereocenters. The second kappa shape index (κ2) is 11.4. The van der Waals surface area contributed by atoms with Crippen LogP contribution >= 0.6 is 0 Å². The SMILES string of the molecule is COc1ccc(COC(=O)C2N3C(=O)C(CC(=O)COc4ccc5c(c4)S(=O)(=O)Cc4c-5[nH]c5ccc(F)cc45)C3S(=O)(=O)C2(C)C)cc1. The molecular weight excluding hydrogens is 680 g/mol. The van der Waals surface area contributed by atoms with Gasteiger partial charge >= 0.3 is 5.97 Å². The number of sulfone groups is 2. The van der Waals surface area contributed by atoms with E-state index in [1.165, 1.54) is 57.4 Å². The van der Waals surface area contributed by atoms with Crippen molar-refractivity contribution < 1.29 is 49.8 Å². The number of esters is 1. The Labute approximate surface area is 281 Å². The predicted octanol–water partition coefficient (Wildman–Crippen LogP) is 3.71. The molecule has 4 aromatic rings. The molecule has 49 heavy (non-hydrogen) atoms. The molecule has 7 rings (SSSR count). The second-order valence-corrected chi connectivity index (χ2v) is 17.4. The summed E-state index contributed by atoms with van der Waals surface area (Å²) in [6.45, 7) is 2.02. The van der Waals surface area contributed by atoms with Gasteiger partial charge in [0.05, 0.1) is 34.1 Å². The number of ether oxygens (including phenoxy) is 3. The van der Waals surface area contributed by atoms with Crippen molar-refractivity contribution in [2.75, 3.05) is 13.7 Å². The molecule has 0 radical (unpaired) electrons. The first kappa shape index (κ1) is 32.8. The maximum Gasteiger partial charge on any atom is 0.330 e. The fourth-order valence-corrected chi connectivity index (χ4v) is 10.9. The minimum Gasteiger partial charge on any atom is -0.497 e. The van der Waals surface area contributed by atoms with E-state index in [1.807, 2.05) is 0 Å². The third-order valence-electron chi connectivity index (χ3n) is 9.55. The molecule has 0 spiro atoms. The van der Waals surface area contributed by atoms with Crippen LogP contribution in [0.1, 0.15) is 31.4 Å². The van der Waals surface area contributed by atoms with Crippen molar-refractivity contribution in [1.82, 2.24) is 9.88 Å². The summed E-state index contributed by atoms with van der Waals surface area (Å²) in [4.78, 5) is 43.6. The third-order valence-corrected chi connectivity index (χ3v) is 14.1. The monoisotopic (exact) mass is 710 g/mol. The number of aromatic nitrogens is 1. The molecule has 3 unspecified atom stereocenters. The lowest BCUT2D eigenvalue weighted by Gasteiger charge is -2.42. The Hall–Kier alpha value is -4.76. The van der Waals surface area contributed by atoms with Crippen LogP contribution in [-0.2, 0) is 51.2 Å². The highest BCUT2D eigenvalue weighted by Crippen LogP contribution is 2.50. The Balaban J connectivity index is 1.03.